The quantitative estimate of drug-likeness (QED) is 0.121. The van der Waals surface area contributed by atoms with Crippen LogP contribution in [0.3, 0.4) is 0 Å². The average Bonchev–Trinajstić information content (AvgIpc) is 4.09. The van der Waals surface area contributed by atoms with E-state index in [0.29, 0.717) is 0 Å². The molecule has 0 spiro atoms. The van der Waals surface area contributed by atoms with E-state index in [1.807, 2.05) is 37.2 Å². The molecule has 0 aliphatic carbocycles. The molecule has 9 nitrogen and oxygen atoms in total. The first-order valence-corrected chi connectivity index (χ1v) is 22.7. The van der Waals surface area contributed by atoms with Crippen molar-refractivity contribution in [1.29, 1.82) is 0 Å². The fraction of sp³-hybridized carbons (Fsp3) is 0.375. The molecule has 340 valence electrons. The smallest absolute Gasteiger partial charge is 0.155 e. The second kappa shape index (κ2) is 19.0. The van der Waals surface area contributed by atoms with Crippen LogP contribution < -0.4 is 0 Å². The van der Waals surface area contributed by atoms with Gasteiger partial charge in [-0.05, 0) is 120 Å². The molecule has 1 aliphatic rings. The Morgan fingerprint density at radius 3 is 1.51 bits per heavy atom. The molecule has 0 unspecified atom stereocenters. The van der Waals surface area contributed by atoms with Crippen LogP contribution in [0, 0.1) is 0 Å². The average molecular weight is 870 g/mol. The standard InChI is InChI=1S/2C12H15N.2C11H14N2.C10H13N3/c1-12(2,3)11-5-4-9-7-13-8-10(9)6-11;1-12(2,3)10-4-5-11-9(8-10)6-7-13-11;1-11(2,3)9-4-5-10-8(6-9)7-12-13-10;1-11(2,3)9-6-8-4-5-12-10(8)13-7-9;1-10(2,3)8-4-7-5-12-13-9(7)11-6-8/h4-7H,8H2,1-3H3;4-8,13H,1-3H3;2*4-7H,1-3H3,(H,12,13);4-6H,1-3H3,(H,11,12,13). The van der Waals surface area contributed by atoms with Crippen LogP contribution in [-0.2, 0) is 33.6 Å². The topological polar surface area (TPSA) is 127 Å². The Kier molecular flexibility index (Phi) is 14.1. The third-order valence-electron chi connectivity index (χ3n) is 11.6. The number of nitrogens with zero attached hydrogens (tertiary/aromatic N) is 5. The number of aliphatic imine (C=N–C) groups is 1. The highest BCUT2D eigenvalue weighted by Crippen LogP contribution is 2.29. The Balaban J connectivity index is 0.000000135. The molecule has 0 saturated carbocycles. The fourth-order valence-electron chi connectivity index (χ4n) is 7.10. The second-order valence-corrected chi connectivity index (χ2v) is 22.3. The minimum Gasteiger partial charge on any atom is -0.361 e. The Morgan fingerprint density at radius 2 is 0.877 bits per heavy atom. The maximum atomic E-state index is 4.35. The number of pyridine rings is 2. The minimum absolute atomic E-state index is 0.151. The Bertz CT molecular complexity index is 2650. The molecule has 0 fully saturated rings. The summed E-state index contributed by atoms with van der Waals surface area (Å²) in [7, 11) is 0. The van der Waals surface area contributed by atoms with Crippen molar-refractivity contribution in [3.05, 3.63) is 155 Å². The summed E-state index contributed by atoms with van der Waals surface area (Å²) in [5, 5.41) is 18.5. The molecule has 10 rings (SSSR count). The molecule has 9 aromatic rings. The van der Waals surface area contributed by atoms with Gasteiger partial charge in [0.25, 0.3) is 0 Å². The van der Waals surface area contributed by atoms with Crippen molar-refractivity contribution in [2.75, 3.05) is 0 Å². The molecule has 1 aliphatic heterocycles. The summed E-state index contributed by atoms with van der Waals surface area (Å²) in [6, 6.07) is 28.2. The second-order valence-electron chi connectivity index (χ2n) is 22.3. The highest BCUT2D eigenvalue weighted by atomic mass is 15.1. The van der Waals surface area contributed by atoms with E-state index in [4.69, 9.17) is 0 Å². The zero-order chi connectivity index (χ0) is 47.4. The van der Waals surface area contributed by atoms with Crippen LogP contribution in [0.25, 0.3) is 43.9 Å². The zero-order valence-electron chi connectivity index (χ0n) is 41.5. The molecule has 6 aromatic heterocycles. The van der Waals surface area contributed by atoms with E-state index in [1.54, 1.807) is 6.20 Å². The number of hydrogen-bond donors (Lipinski definition) is 4. The molecule has 0 atom stereocenters. The van der Waals surface area contributed by atoms with Crippen LogP contribution in [0.4, 0.5) is 0 Å². The number of rotatable bonds is 0. The number of fused-ring (bicyclic) bond motifs is 5. The molecule has 0 saturated heterocycles. The maximum Gasteiger partial charge on any atom is 0.155 e. The lowest BCUT2D eigenvalue weighted by Crippen LogP contribution is -2.11. The van der Waals surface area contributed by atoms with Crippen LogP contribution in [0.2, 0.25) is 0 Å². The molecule has 7 heterocycles. The lowest BCUT2D eigenvalue weighted by Gasteiger charge is -2.19. The first-order valence-electron chi connectivity index (χ1n) is 22.7. The third kappa shape index (κ3) is 12.7. The summed E-state index contributed by atoms with van der Waals surface area (Å²) < 4.78 is 0. The molecular weight excluding hydrogens is 799 g/mol. The largest absolute Gasteiger partial charge is 0.361 e. The number of H-pyrrole nitrogens is 4. The molecule has 0 amide bonds. The van der Waals surface area contributed by atoms with Crippen molar-refractivity contribution in [1.82, 2.24) is 40.3 Å². The van der Waals surface area contributed by atoms with E-state index in [-0.39, 0.29) is 27.1 Å². The summed E-state index contributed by atoms with van der Waals surface area (Å²) in [6.07, 6.45) is 13.4. The van der Waals surface area contributed by atoms with Gasteiger partial charge in [-0.1, -0.05) is 134 Å². The van der Waals surface area contributed by atoms with E-state index in [2.05, 4.69) is 228 Å². The van der Waals surface area contributed by atoms with E-state index in [9.17, 15) is 0 Å². The maximum absolute atomic E-state index is 4.35. The first-order chi connectivity index (χ1) is 30.4. The Morgan fingerprint density at radius 1 is 0.400 bits per heavy atom. The van der Waals surface area contributed by atoms with Crippen molar-refractivity contribution >= 4 is 50.1 Å². The van der Waals surface area contributed by atoms with E-state index in [1.165, 1.54) is 60.6 Å². The van der Waals surface area contributed by atoms with Crippen LogP contribution >= 0.6 is 0 Å². The van der Waals surface area contributed by atoms with E-state index >= 15 is 0 Å². The van der Waals surface area contributed by atoms with Gasteiger partial charge in [0.2, 0.25) is 0 Å². The number of benzene rings is 3. The summed E-state index contributed by atoms with van der Waals surface area (Å²) in [4.78, 5) is 19.2. The Labute approximate surface area is 386 Å². The molecule has 65 heavy (non-hydrogen) atoms. The van der Waals surface area contributed by atoms with Crippen molar-refractivity contribution in [2.45, 2.75) is 137 Å². The van der Waals surface area contributed by atoms with Crippen molar-refractivity contribution in [3.63, 3.8) is 0 Å². The van der Waals surface area contributed by atoms with Gasteiger partial charge in [-0.25, -0.2) is 9.97 Å². The van der Waals surface area contributed by atoms with Crippen LogP contribution in [0.1, 0.15) is 143 Å². The van der Waals surface area contributed by atoms with Gasteiger partial charge in [-0.2, -0.15) is 10.2 Å². The monoisotopic (exact) mass is 870 g/mol. The van der Waals surface area contributed by atoms with Crippen LogP contribution in [0.5, 0.6) is 0 Å². The third-order valence-corrected chi connectivity index (χ3v) is 11.6. The first kappa shape index (κ1) is 48.1. The summed E-state index contributed by atoms with van der Waals surface area (Å²) in [5.74, 6) is 0. The number of hydrogen-bond acceptors (Lipinski definition) is 5. The van der Waals surface area contributed by atoms with Gasteiger partial charge in [-0.15, -0.1) is 0 Å². The van der Waals surface area contributed by atoms with Gasteiger partial charge in [-0.3, -0.25) is 15.2 Å². The van der Waals surface area contributed by atoms with Crippen molar-refractivity contribution in [2.24, 2.45) is 4.99 Å². The Hall–Kier alpha value is -6.35. The van der Waals surface area contributed by atoms with Crippen molar-refractivity contribution < 1.29 is 0 Å². The van der Waals surface area contributed by atoms with Crippen LogP contribution in [-0.4, -0.2) is 46.5 Å². The summed E-state index contributed by atoms with van der Waals surface area (Å²) >= 11 is 0. The molecule has 0 bridgehead atoms. The summed E-state index contributed by atoms with van der Waals surface area (Å²) in [6.45, 7) is 34.1. The number of aromatic amines is 4. The van der Waals surface area contributed by atoms with E-state index < -0.39 is 0 Å². The van der Waals surface area contributed by atoms with Crippen LogP contribution in [0.15, 0.2) is 121 Å². The molecule has 9 heteroatoms. The number of aromatic nitrogens is 8. The van der Waals surface area contributed by atoms with Gasteiger partial charge in [0, 0.05) is 52.7 Å². The fourth-order valence-corrected chi connectivity index (χ4v) is 7.10. The highest BCUT2D eigenvalue weighted by Gasteiger charge is 2.18. The van der Waals surface area contributed by atoms with Gasteiger partial charge >= 0.3 is 0 Å². The number of nitrogens with one attached hydrogen (secondary N) is 4. The summed E-state index contributed by atoms with van der Waals surface area (Å²) in [5.41, 5.74) is 14.5. The van der Waals surface area contributed by atoms with Gasteiger partial charge in [0.1, 0.15) is 5.65 Å². The molecule has 0 radical (unpaired) electrons. The minimum atomic E-state index is 0.151. The zero-order valence-corrected chi connectivity index (χ0v) is 41.5. The normalized spacial score (nSPS) is 12.7. The SMILES string of the molecule is CC(C)(C)c1ccc2[nH]ccc2c1.CC(C)(C)c1ccc2[nH]ncc2c1.CC(C)(C)c1ccc2c(c1)CN=C2.CC(C)(C)c1cnc2[nH]ccc2c1.CC(C)(C)c1cnc2[nH]ncc2c1. The molecule has 4 N–H and O–H groups in total. The predicted molar refractivity (Wildman–Crippen MR) is 276 cm³/mol. The highest BCUT2D eigenvalue weighted by molar-refractivity contribution is 5.84. The lowest BCUT2D eigenvalue weighted by atomic mass is 9.85. The molecule has 3 aromatic carbocycles. The van der Waals surface area contributed by atoms with Crippen molar-refractivity contribution in [3.8, 4) is 0 Å². The molecular formula is C56H71N9. The van der Waals surface area contributed by atoms with E-state index in [0.717, 1.165) is 28.7 Å². The van der Waals surface area contributed by atoms with Gasteiger partial charge < -0.3 is 9.97 Å². The lowest BCUT2D eigenvalue weighted by molar-refractivity contribution is 0.588. The van der Waals surface area contributed by atoms with Gasteiger partial charge in [0.15, 0.2) is 5.65 Å². The van der Waals surface area contributed by atoms with Gasteiger partial charge in [0.05, 0.1) is 24.5 Å². The predicted octanol–water partition coefficient (Wildman–Crippen LogP) is 14.4.